The van der Waals surface area contributed by atoms with Crippen LogP contribution in [0.25, 0.3) is 0 Å². The average molecular weight is 225 g/mol. The summed E-state index contributed by atoms with van der Waals surface area (Å²) in [6, 6.07) is 5.17. The highest BCUT2D eigenvalue weighted by molar-refractivity contribution is 5.44. The molecule has 1 N–H and O–H groups in total. The summed E-state index contributed by atoms with van der Waals surface area (Å²) in [6.45, 7) is 6.08. The maximum Gasteiger partial charge on any atom is 0.128 e. The number of benzene rings is 1. The fourth-order valence-electron chi connectivity index (χ4n) is 1.32. The van der Waals surface area contributed by atoms with Crippen LogP contribution in [0.5, 0.6) is 0 Å². The lowest BCUT2D eigenvalue weighted by atomic mass is 10.2. The highest BCUT2D eigenvalue weighted by Gasteiger charge is 1.98. The summed E-state index contributed by atoms with van der Waals surface area (Å²) in [7, 11) is 0. The van der Waals surface area contributed by atoms with Gasteiger partial charge >= 0.3 is 0 Å². The second-order valence-electron chi connectivity index (χ2n) is 3.86. The molecule has 0 aliphatic rings. The summed E-state index contributed by atoms with van der Waals surface area (Å²) in [5, 5.41) is 3.12. The molecule has 0 saturated heterocycles. The number of nitrogens with one attached hydrogen (secondary N) is 1. The Hall–Kier alpha value is -1.09. The summed E-state index contributed by atoms with van der Waals surface area (Å²) >= 11 is 0. The minimum absolute atomic E-state index is 0.170. The van der Waals surface area contributed by atoms with Crippen molar-refractivity contribution in [3.63, 3.8) is 0 Å². The number of hydrogen-bond acceptors (Lipinski definition) is 2. The molecule has 0 unspecified atom stereocenters. The first-order chi connectivity index (χ1) is 7.74. The Balaban J connectivity index is 2.19. The molecule has 90 valence electrons. The van der Waals surface area contributed by atoms with Crippen LogP contribution in [0.1, 0.15) is 25.3 Å². The van der Waals surface area contributed by atoms with Crippen molar-refractivity contribution in [2.45, 2.75) is 26.7 Å². The topological polar surface area (TPSA) is 21.3 Å². The van der Waals surface area contributed by atoms with Crippen LogP contribution in [0.2, 0.25) is 0 Å². The van der Waals surface area contributed by atoms with E-state index in [1.165, 1.54) is 6.07 Å². The fraction of sp³-hybridized carbons (Fsp3) is 0.538. The molecular weight excluding hydrogens is 205 g/mol. The van der Waals surface area contributed by atoms with Crippen molar-refractivity contribution in [3.8, 4) is 0 Å². The van der Waals surface area contributed by atoms with Crippen molar-refractivity contribution >= 4 is 5.69 Å². The molecule has 2 nitrogen and oxygen atoms in total. The maximum atomic E-state index is 13.2. The van der Waals surface area contributed by atoms with Gasteiger partial charge in [-0.25, -0.2) is 4.39 Å². The Labute approximate surface area is 96.8 Å². The van der Waals surface area contributed by atoms with E-state index in [9.17, 15) is 4.39 Å². The summed E-state index contributed by atoms with van der Waals surface area (Å²) in [5.41, 5.74) is 1.48. The monoisotopic (exact) mass is 225 g/mol. The zero-order valence-corrected chi connectivity index (χ0v) is 10.1. The minimum atomic E-state index is -0.170. The predicted molar refractivity (Wildman–Crippen MR) is 65.4 cm³/mol. The Morgan fingerprint density at radius 1 is 1.31 bits per heavy atom. The fourth-order valence-corrected chi connectivity index (χ4v) is 1.32. The molecule has 0 aromatic heterocycles. The van der Waals surface area contributed by atoms with E-state index in [-0.39, 0.29) is 5.82 Å². The number of halogens is 1. The van der Waals surface area contributed by atoms with Gasteiger partial charge in [-0.2, -0.15) is 0 Å². The van der Waals surface area contributed by atoms with Crippen LogP contribution >= 0.6 is 0 Å². The molecule has 0 fully saturated rings. The number of rotatable bonds is 7. The Bertz CT molecular complexity index is 315. The third kappa shape index (κ3) is 4.62. The highest BCUT2D eigenvalue weighted by atomic mass is 19.1. The Morgan fingerprint density at radius 3 is 2.81 bits per heavy atom. The molecular formula is C13H20FNO. The lowest BCUT2D eigenvalue weighted by Gasteiger charge is -2.07. The van der Waals surface area contributed by atoms with Gasteiger partial charge in [0.1, 0.15) is 5.82 Å². The minimum Gasteiger partial charge on any atom is -0.383 e. The third-order valence-electron chi connectivity index (χ3n) is 2.39. The molecule has 0 amide bonds. The van der Waals surface area contributed by atoms with Gasteiger partial charge in [-0.05, 0) is 31.0 Å². The molecule has 0 spiro atoms. The van der Waals surface area contributed by atoms with Crippen LogP contribution in [0.4, 0.5) is 10.1 Å². The van der Waals surface area contributed by atoms with E-state index >= 15 is 0 Å². The van der Waals surface area contributed by atoms with E-state index in [1.54, 1.807) is 13.0 Å². The largest absolute Gasteiger partial charge is 0.383 e. The van der Waals surface area contributed by atoms with Crippen molar-refractivity contribution in [2.75, 3.05) is 25.1 Å². The standard InChI is InChI=1S/C13H20FNO/c1-3-4-8-16-9-7-15-12-6-5-11(2)13(14)10-12/h5-6,10,15H,3-4,7-9H2,1-2H3. The van der Waals surface area contributed by atoms with Gasteiger partial charge in [-0.3, -0.25) is 0 Å². The number of hydrogen-bond donors (Lipinski definition) is 1. The molecule has 0 bridgehead atoms. The second-order valence-corrected chi connectivity index (χ2v) is 3.86. The molecule has 0 heterocycles. The molecule has 3 heteroatoms. The van der Waals surface area contributed by atoms with Crippen LogP contribution in [0.15, 0.2) is 18.2 Å². The van der Waals surface area contributed by atoms with E-state index in [0.29, 0.717) is 18.7 Å². The first kappa shape index (κ1) is 13.0. The number of aryl methyl sites for hydroxylation is 1. The van der Waals surface area contributed by atoms with Crippen LogP contribution in [0.3, 0.4) is 0 Å². The van der Waals surface area contributed by atoms with E-state index in [1.807, 2.05) is 6.07 Å². The van der Waals surface area contributed by atoms with Crippen molar-refractivity contribution in [2.24, 2.45) is 0 Å². The van der Waals surface area contributed by atoms with Crippen molar-refractivity contribution in [3.05, 3.63) is 29.6 Å². The van der Waals surface area contributed by atoms with Crippen LogP contribution in [-0.4, -0.2) is 19.8 Å². The molecule has 0 aliphatic carbocycles. The van der Waals surface area contributed by atoms with Gasteiger partial charge < -0.3 is 10.1 Å². The van der Waals surface area contributed by atoms with Gasteiger partial charge in [0.05, 0.1) is 6.61 Å². The lowest BCUT2D eigenvalue weighted by Crippen LogP contribution is -2.10. The van der Waals surface area contributed by atoms with Gasteiger partial charge in [0.2, 0.25) is 0 Å². The first-order valence-electron chi connectivity index (χ1n) is 5.82. The van der Waals surface area contributed by atoms with Crippen LogP contribution in [-0.2, 0) is 4.74 Å². The lowest BCUT2D eigenvalue weighted by molar-refractivity contribution is 0.141. The maximum absolute atomic E-state index is 13.2. The molecule has 1 rings (SSSR count). The number of anilines is 1. The molecule has 0 radical (unpaired) electrons. The highest BCUT2D eigenvalue weighted by Crippen LogP contribution is 2.12. The van der Waals surface area contributed by atoms with E-state index in [4.69, 9.17) is 4.74 Å². The van der Waals surface area contributed by atoms with Crippen molar-refractivity contribution in [1.29, 1.82) is 0 Å². The zero-order valence-electron chi connectivity index (χ0n) is 10.1. The molecule has 0 saturated carbocycles. The SMILES string of the molecule is CCCCOCCNc1ccc(C)c(F)c1. The summed E-state index contributed by atoms with van der Waals surface area (Å²) in [4.78, 5) is 0. The first-order valence-corrected chi connectivity index (χ1v) is 5.82. The summed E-state index contributed by atoms with van der Waals surface area (Å²) in [6.07, 6.45) is 2.25. The van der Waals surface area contributed by atoms with Gasteiger partial charge in [0.15, 0.2) is 0 Å². The molecule has 1 aromatic rings. The van der Waals surface area contributed by atoms with Crippen LogP contribution in [0, 0.1) is 12.7 Å². The van der Waals surface area contributed by atoms with Gasteiger partial charge in [0.25, 0.3) is 0 Å². The predicted octanol–water partition coefficient (Wildman–Crippen LogP) is 3.36. The second kappa shape index (κ2) is 7.23. The zero-order chi connectivity index (χ0) is 11.8. The van der Waals surface area contributed by atoms with Crippen molar-refractivity contribution < 1.29 is 9.13 Å². The summed E-state index contributed by atoms with van der Waals surface area (Å²) in [5.74, 6) is -0.170. The van der Waals surface area contributed by atoms with Crippen molar-refractivity contribution in [1.82, 2.24) is 0 Å². The summed E-state index contributed by atoms with van der Waals surface area (Å²) < 4.78 is 18.6. The van der Waals surface area contributed by atoms with E-state index in [0.717, 1.165) is 25.1 Å². The smallest absolute Gasteiger partial charge is 0.128 e. The molecule has 16 heavy (non-hydrogen) atoms. The third-order valence-corrected chi connectivity index (χ3v) is 2.39. The Morgan fingerprint density at radius 2 is 2.12 bits per heavy atom. The van der Waals surface area contributed by atoms with Gasteiger partial charge in [-0.1, -0.05) is 19.4 Å². The van der Waals surface area contributed by atoms with Gasteiger partial charge in [-0.15, -0.1) is 0 Å². The average Bonchev–Trinajstić information content (AvgIpc) is 2.28. The van der Waals surface area contributed by atoms with E-state index in [2.05, 4.69) is 12.2 Å². The van der Waals surface area contributed by atoms with Crippen LogP contribution < -0.4 is 5.32 Å². The normalized spacial score (nSPS) is 10.4. The quantitative estimate of drug-likeness (QED) is 0.718. The number of unbranched alkanes of at least 4 members (excludes halogenated alkanes) is 1. The van der Waals surface area contributed by atoms with Gasteiger partial charge in [0, 0.05) is 18.8 Å². The number of ether oxygens (including phenoxy) is 1. The molecule has 1 aromatic carbocycles. The Kier molecular flexibility index (Phi) is 5.86. The van der Waals surface area contributed by atoms with E-state index < -0.39 is 0 Å². The molecule has 0 aliphatic heterocycles. The molecule has 0 atom stereocenters.